The molecule has 5 nitrogen and oxygen atoms in total. The summed E-state index contributed by atoms with van der Waals surface area (Å²) in [5, 5.41) is 12.6. The maximum Gasteiger partial charge on any atom is 0.329 e. The molecule has 1 aliphatic rings. The second-order valence-corrected chi connectivity index (χ2v) is 6.96. The van der Waals surface area contributed by atoms with Crippen molar-refractivity contribution < 1.29 is 14.7 Å². The number of amides is 3. The van der Waals surface area contributed by atoms with Crippen molar-refractivity contribution in [3.05, 3.63) is 68.2 Å². The van der Waals surface area contributed by atoms with Crippen LogP contribution in [0.5, 0.6) is 5.75 Å². The molecular weight excluding hydrogens is 440 g/mol. The van der Waals surface area contributed by atoms with E-state index in [-0.39, 0.29) is 18.0 Å². The zero-order chi connectivity index (χ0) is 17.3. The molecule has 0 aliphatic carbocycles. The summed E-state index contributed by atoms with van der Waals surface area (Å²) in [5.74, 6) is -0.436. The number of carbonyl (C=O) groups is 2. The second-order valence-electron chi connectivity index (χ2n) is 5.19. The average molecular weight is 452 g/mol. The first kappa shape index (κ1) is 16.7. The van der Waals surface area contributed by atoms with Crippen LogP contribution in [0.1, 0.15) is 11.1 Å². The van der Waals surface area contributed by atoms with Crippen LogP contribution < -0.4 is 5.32 Å². The molecule has 122 valence electrons. The number of carbonyl (C=O) groups excluding carboxylic acids is 2. The molecule has 0 atom stereocenters. The molecule has 0 aromatic heterocycles. The minimum absolute atomic E-state index is 0.00532. The highest BCUT2D eigenvalue weighted by Crippen LogP contribution is 2.33. The lowest BCUT2D eigenvalue weighted by Gasteiger charge is -2.11. The molecule has 0 spiro atoms. The Bertz CT molecular complexity index is 850. The van der Waals surface area contributed by atoms with E-state index in [4.69, 9.17) is 0 Å². The van der Waals surface area contributed by atoms with E-state index in [9.17, 15) is 14.7 Å². The van der Waals surface area contributed by atoms with Gasteiger partial charge in [-0.3, -0.25) is 9.69 Å². The second kappa shape index (κ2) is 6.78. The van der Waals surface area contributed by atoms with Crippen molar-refractivity contribution in [3.63, 3.8) is 0 Å². The van der Waals surface area contributed by atoms with Crippen molar-refractivity contribution in [2.24, 2.45) is 0 Å². The number of nitrogens with zero attached hydrogens (tertiary/aromatic N) is 1. The van der Waals surface area contributed by atoms with Gasteiger partial charge >= 0.3 is 6.03 Å². The van der Waals surface area contributed by atoms with Crippen LogP contribution in [0.2, 0.25) is 0 Å². The first-order valence-electron chi connectivity index (χ1n) is 7.02. The van der Waals surface area contributed by atoms with Crippen molar-refractivity contribution in [1.82, 2.24) is 10.2 Å². The summed E-state index contributed by atoms with van der Waals surface area (Å²) in [7, 11) is 0. The Balaban J connectivity index is 1.89. The molecule has 2 N–H and O–H groups in total. The van der Waals surface area contributed by atoms with Crippen molar-refractivity contribution in [1.29, 1.82) is 0 Å². The van der Waals surface area contributed by atoms with Crippen molar-refractivity contribution in [2.45, 2.75) is 6.54 Å². The van der Waals surface area contributed by atoms with Gasteiger partial charge < -0.3 is 10.4 Å². The van der Waals surface area contributed by atoms with Gasteiger partial charge in [0, 0.05) is 10.0 Å². The Morgan fingerprint density at radius 2 is 1.83 bits per heavy atom. The van der Waals surface area contributed by atoms with Gasteiger partial charge in [0.05, 0.1) is 11.0 Å². The minimum atomic E-state index is -0.483. The molecule has 3 amide bonds. The van der Waals surface area contributed by atoms with E-state index in [0.29, 0.717) is 10.0 Å². The van der Waals surface area contributed by atoms with Gasteiger partial charge in [-0.05, 0) is 39.7 Å². The number of benzene rings is 2. The molecule has 1 heterocycles. The highest BCUT2D eigenvalue weighted by Gasteiger charge is 2.33. The molecule has 2 aromatic rings. The van der Waals surface area contributed by atoms with Gasteiger partial charge in [-0.2, -0.15) is 0 Å². The molecule has 0 bridgehead atoms. The van der Waals surface area contributed by atoms with Gasteiger partial charge in [0.2, 0.25) is 0 Å². The van der Waals surface area contributed by atoms with Gasteiger partial charge in [0.1, 0.15) is 11.4 Å². The van der Waals surface area contributed by atoms with Crippen LogP contribution in [0.25, 0.3) is 6.08 Å². The smallest absolute Gasteiger partial charge is 0.329 e. The Kier molecular flexibility index (Phi) is 4.73. The summed E-state index contributed by atoms with van der Waals surface area (Å²) in [4.78, 5) is 25.7. The lowest BCUT2D eigenvalue weighted by molar-refractivity contribution is -0.123. The maximum atomic E-state index is 12.5. The number of nitrogens with one attached hydrogen (secondary N) is 1. The Hall–Kier alpha value is -2.12. The number of urea groups is 1. The predicted octanol–water partition coefficient (Wildman–Crippen LogP) is 4.01. The normalized spacial score (nSPS) is 15.9. The fraction of sp³-hybridized carbons (Fsp3) is 0.0588. The topological polar surface area (TPSA) is 69.6 Å². The Morgan fingerprint density at radius 3 is 2.54 bits per heavy atom. The van der Waals surface area contributed by atoms with Crippen LogP contribution in [-0.2, 0) is 11.3 Å². The lowest BCUT2D eigenvalue weighted by atomic mass is 10.1. The molecule has 1 saturated heterocycles. The largest absolute Gasteiger partial charge is 0.506 e. The van der Waals surface area contributed by atoms with Crippen LogP contribution >= 0.6 is 31.9 Å². The average Bonchev–Trinajstić information content (AvgIpc) is 2.81. The molecule has 0 saturated carbocycles. The zero-order valence-corrected chi connectivity index (χ0v) is 15.5. The summed E-state index contributed by atoms with van der Waals surface area (Å²) in [6.07, 6.45) is 1.45. The highest BCUT2D eigenvalue weighted by atomic mass is 79.9. The van der Waals surface area contributed by atoms with Crippen LogP contribution in [0.3, 0.4) is 0 Å². The van der Waals surface area contributed by atoms with Crippen molar-refractivity contribution in [3.8, 4) is 5.75 Å². The molecule has 3 rings (SSSR count). The number of rotatable bonds is 3. The van der Waals surface area contributed by atoms with Crippen LogP contribution in [0.4, 0.5) is 4.79 Å². The Labute approximate surface area is 155 Å². The fourth-order valence-corrected chi connectivity index (χ4v) is 3.59. The fourth-order valence-electron chi connectivity index (χ4n) is 2.33. The number of phenolic OH excluding ortho intramolecular Hbond substituents is 1. The molecular formula is C17H12Br2N2O3. The third-order valence-corrected chi connectivity index (χ3v) is 4.57. The van der Waals surface area contributed by atoms with Gasteiger partial charge in [-0.25, -0.2) is 4.79 Å². The summed E-state index contributed by atoms with van der Waals surface area (Å²) in [5.41, 5.74) is 1.40. The van der Waals surface area contributed by atoms with E-state index in [2.05, 4.69) is 37.2 Å². The quantitative estimate of drug-likeness (QED) is 0.547. The standard InChI is InChI=1S/C17H12Br2N2O3/c18-12-6-11(15(22)13(19)8-12)7-14-16(23)21(17(24)20-14)9-10-4-2-1-3-5-10/h1-8,22H,9H2,(H,20,24)/b14-7+. The predicted molar refractivity (Wildman–Crippen MR) is 97.0 cm³/mol. The number of hydrogen-bond acceptors (Lipinski definition) is 3. The number of aromatic hydroxyl groups is 1. The third-order valence-electron chi connectivity index (χ3n) is 3.50. The number of phenols is 1. The number of imide groups is 1. The van der Waals surface area contributed by atoms with E-state index in [0.717, 1.165) is 14.9 Å². The molecule has 0 unspecified atom stereocenters. The lowest BCUT2D eigenvalue weighted by Crippen LogP contribution is -2.30. The van der Waals surface area contributed by atoms with Crippen molar-refractivity contribution >= 4 is 49.9 Å². The third kappa shape index (κ3) is 3.37. The summed E-state index contributed by atoms with van der Waals surface area (Å²) >= 11 is 6.56. The summed E-state index contributed by atoms with van der Waals surface area (Å²) < 4.78 is 1.22. The molecule has 2 aromatic carbocycles. The van der Waals surface area contributed by atoms with Gasteiger partial charge in [0.15, 0.2) is 0 Å². The SMILES string of the molecule is O=C1N/C(=C/c2cc(Br)cc(Br)c2O)C(=O)N1Cc1ccccc1. The monoisotopic (exact) mass is 450 g/mol. The highest BCUT2D eigenvalue weighted by molar-refractivity contribution is 9.11. The van der Waals surface area contributed by atoms with Gasteiger partial charge in [-0.1, -0.05) is 46.3 Å². The van der Waals surface area contributed by atoms with Crippen LogP contribution in [0.15, 0.2) is 57.1 Å². The molecule has 1 aliphatic heterocycles. The van der Waals surface area contributed by atoms with Gasteiger partial charge in [0.25, 0.3) is 5.91 Å². The van der Waals surface area contributed by atoms with E-state index in [1.165, 1.54) is 6.08 Å². The van der Waals surface area contributed by atoms with E-state index >= 15 is 0 Å². The van der Waals surface area contributed by atoms with Gasteiger partial charge in [-0.15, -0.1) is 0 Å². The molecule has 24 heavy (non-hydrogen) atoms. The Morgan fingerprint density at radius 1 is 1.12 bits per heavy atom. The van der Waals surface area contributed by atoms with E-state index in [1.807, 2.05) is 30.3 Å². The van der Waals surface area contributed by atoms with Crippen LogP contribution in [-0.4, -0.2) is 21.9 Å². The number of hydrogen-bond donors (Lipinski definition) is 2. The first-order chi connectivity index (χ1) is 11.5. The van der Waals surface area contributed by atoms with Crippen molar-refractivity contribution in [2.75, 3.05) is 0 Å². The first-order valence-corrected chi connectivity index (χ1v) is 8.61. The number of halogens is 2. The van der Waals surface area contributed by atoms with E-state index in [1.54, 1.807) is 12.1 Å². The molecule has 7 heteroatoms. The summed E-state index contributed by atoms with van der Waals surface area (Å²) in [6.45, 7) is 0.191. The summed E-state index contributed by atoms with van der Waals surface area (Å²) in [6, 6.07) is 12.1. The van der Waals surface area contributed by atoms with E-state index < -0.39 is 11.9 Å². The van der Waals surface area contributed by atoms with Crippen LogP contribution in [0, 0.1) is 0 Å². The zero-order valence-electron chi connectivity index (χ0n) is 12.3. The minimum Gasteiger partial charge on any atom is -0.506 e. The molecule has 0 radical (unpaired) electrons. The maximum absolute atomic E-state index is 12.5. The molecule has 1 fully saturated rings.